The maximum atomic E-state index is 14.4. The van der Waals surface area contributed by atoms with Crippen molar-refractivity contribution in [2.75, 3.05) is 6.61 Å². The van der Waals surface area contributed by atoms with Crippen molar-refractivity contribution in [3.05, 3.63) is 70.8 Å². The van der Waals surface area contributed by atoms with Gasteiger partial charge in [-0.15, -0.1) is 0 Å². The second-order valence-electron chi connectivity index (χ2n) is 14.0. The molecular formula is C41H54F4O3. The van der Waals surface area contributed by atoms with Crippen LogP contribution in [-0.4, -0.2) is 17.5 Å². The van der Waals surface area contributed by atoms with E-state index in [2.05, 4.69) is 0 Å². The van der Waals surface area contributed by atoms with Crippen LogP contribution in [0.2, 0.25) is 0 Å². The molecule has 1 N–H and O–H groups in total. The molecule has 2 fully saturated rings. The van der Waals surface area contributed by atoms with Gasteiger partial charge in [-0.2, -0.15) is 8.78 Å². The first-order valence-corrected chi connectivity index (χ1v) is 18.4. The number of hydrogen-bond donors (Lipinski definition) is 1. The third-order valence-electron chi connectivity index (χ3n) is 10.5. The Kier molecular flexibility index (Phi) is 15.6. The summed E-state index contributed by atoms with van der Waals surface area (Å²) in [5.41, 5.74) is 0.435. The lowest BCUT2D eigenvalue weighted by Crippen LogP contribution is -2.13. The summed E-state index contributed by atoms with van der Waals surface area (Å²) in [5, 5.41) is 9.28. The number of aromatic hydroxyl groups is 1. The molecule has 0 aromatic heterocycles. The molecule has 0 aliphatic heterocycles. The highest BCUT2D eigenvalue weighted by molar-refractivity contribution is 5.78. The number of unbranched alkanes of at least 4 members (excludes halogenated alkanes) is 4. The number of hydrogen-bond acceptors (Lipinski definition) is 3. The maximum Gasteiger partial charge on any atom is 0.201 e. The van der Waals surface area contributed by atoms with Gasteiger partial charge in [-0.1, -0.05) is 62.8 Å². The van der Waals surface area contributed by atoms with Crippen LogP contribution in [0.15, 0.2) is 36.4 Å². The van der Waals surface area contributed by atoms with E-state index in [1.165, 1.54) is 37.5 Å². The summed E-state index contributed by atoms with van der Waals surface area (Å²) in [6.45, 7) is 2.03. The zero-order valence-corrected chi connectivity index (χ0v) is 28.6. The van der Waals surface area contributed by atoms with E-state index in [-0.39, 0.29) is 16.9 Å². The number of phenolic OH excluding ortho intramolecular Hbond substituents is 1. The average Bonchev–Trinajstić information content (AvgIpc) is 3.09. The van der Waals surface area contributed by atoms with Crippen molar-refractivity contribution in [3.8, 4) is 11.5 Å². The molecule has 4 rings (SSSR count). The molecule has 0 saturated heterocycles. The predicted octanol–water partition coefficient (Wildman–Crippen LogP) is 12.2. The normalized spacial score (nSPS) is 21.7. The number of benzene rings is 2. The van der Waals surface area contributed by atoms with Crippen LogP contribution >= 0.6 is 0 Å². The molecule has 264 valence electrons. The SMILES string of the molecule is CCOc1ccc(/C=C/C2CCC(CCCCCC(=O)CCCCCC3CCC(/C=C/c4ccc(O)c(F)c4F)CC3)CC2)c(F)c1F. The molecule has 2 aromatic rings. The van der Waals surface area contributed by atoms with Crippen molar-refractivity contribution in [2.24, 2.45) is 23.7 Å². The van der Waals surface area contributed by atoms with Gasteiger partial charge in [0.1, 0.15) is 5.78 Å². The van der Waals surface area contributed by atoms with E-state index >= 15 is 0 Å². The molecule has 0 unspecified atom stereocenters. The predicted molar refractivity (Wildman–Crippen MR) is 186 cm³/mol. The van der Waals surface area contributed by atoms with Crippen molar-refractivity contribution < 1.29 is 32.2 Å². The summed E-state index contributed by atoms with van der Waals surface area (Å²) < 4.78 is 61.1. The van der Waals surface area contributed by atoms with Crippen LogP contribution < -0.4 is 4.74 Å². The second kappa shape index (κ2) is 19.8. The standard InChI is InChI=1S/C41H54F4O3/c1-2-48-37-28-26-34(39(43)41(37)45)24-22-32-19-15-30(16-20-32)10-6-4-8-12-35(46)11-7-3-5-9-29-13-17-31(18-14-29)21-23-33-25-27-36(47)40(44)38(33)42/h21-32,47H,2-20H2,1H3/b23-21+,24-22+. The monoisotopic (exact) mass is 670 g/mol. The molecule has 48 heavy (non-hydrogen) atoms. The van der Waals surface area contributed by atoms with Crippen LogP contribution in [0.5, 0.6) is 11.5 Å². The Morgan fingerprint density at radius 3 is 1.65 bits per heavy atom. The number of Topliss-reactive ketones (excluding diaryl/α,β-unsaturated/α-hetero) is 1. The van der Waals surface area contributed by atoms with Crippen LogP contribution in [0.25, 0.3) is 12.2 Å². The van der Waals surface area contributed by atoms with Crippen LogP contribution in [0.1, 0.15) is 134 Å². The fourth-order valence-electron chi connectivity index (χ4n) is 7.43. The van der Waals surface area contributed by atoms with Crippen molar-refractivity contribution in [1.29, 1.82) is 0 Å². The van der Waals surface area contributed by atoms with Crippen LogP contribution in [0.4, 0.5) is 17.6 Å². The van der Waals surface area contributed by atoms with Gasteiger partial charge in [0.05, 0.1) is 6.61 Å². The summed E-state index contributed by atoms with van der Waals surface area (Å²) in [6, 6.07) is 5.65. The number of ether oxygens (including phenoxy) is 1. The Hall–Kier alpha value is -3.09. The molecule has 0 bridgehead atoms. The van der Waals surface area contributed by atoms with Gasteiger partial charge in [-0.25, -0.2) is 8.78 Å². The molecule has 2 aliphatic carbocycles. The molecule has 2 saturated carbocycles. The highest BCUT2D eigenvalue weighted by Gasteiger charge is 2.21. The molecule has 0 spiro atoms. The first-order valence-electron chi connectivity index (χ1n) is 18.4. The van der Waals surface area contributed by atoms with Gasteiger partial charge < -0.3 is 9.84 Å². The molecule has 0 amide bonds. The Morgan fingerprint density at radius 2 is 1.15 bits per heavy atom. The number of allylic oxidation sites excluding steroid dienone is 2. The van der Waals surface area contributed by atoms with E-state index in [1.807, 2.05) is 12.2 Å². The molecule has 0 heterocycles. The van der Waals surface area contributed by atoms with Crippen LogP contribution in [0.3, 0.4) is 0 Å². The highest BCUT2D eigenvalue weighted by atomic mass is 19.2. The number of halogens is 4. The van der Waals surface area contributed by atoms with E-state index < -0.39 is 29.0 Å². The minimum Gasteiger partial charge on any atom is -0.505 e. The quantitative estimate of drug-likeness (QED) is 0.127. The number of ketones is 1. The zero-order chi connectivity index (χ0) is 34.3. The molecule has 3 nitrogen and oxygen atoms in total. The molecule has 0 atom stereocenters. The Morgan fingerprint density at radius 1 is 0.667 bits per heavy atom. The van der Waals surface area contributed by atoms with Gasteiger partial charge in [0.2, 0.25) is 11.6 Å². The van der Waals surface area contributed by atoms with Gasteiger partial charge in [-0.3, -0.25) is 4.79 Å². The van der Waals surface area contributed by atoms with E-state index in [0.29, 0.717) is 43.0 Å². The van der Waals surface area contributed by atoms with Gasteiger partial charge in [0.15, 0.2) is 23.1 Å². The van der Waals surface area contributed by atoms with Crippen LogP contribution in [0, 0.1) is 46.9 Å². The lowest BCUT2D eigenvalue weighted by molar-refractivity contribution is -0.119. The van der Waals surface area contributed by atoms with E-state index in [4.69, 9.17) is 4.74 Å². The number of carbonyl (C=O) groups is 1. The third kappa shape index (κ3) is 11.8. The lowest BCUT2D eigenvalue weighted by Gasteiger charge is -2.26. The minimum atomic E-state index is -1.20. The molecular weight excluding hydrogens is 616 g/mol. The van der Waals surface area contributed by atoms with Gasteiger partial charge in [0, 0.05) is 24.0 Å². The van der Waals surface area contributed by atoms with Gasteiger partial charge >= 0.3 is 0 Å². The smallest absolute Gasteiger partial charge is 0.201 e. The number of phenols is 1. The Labute approximate surface area is 284 Å². The summed E-state index contributed by atoms with van der Waals surface area (Å²) in [4.78, 5) is 12.4. The Balaban J connectivity index is 0.978. The zero-order valence-electron chi connectivity index (χ0n) is 28.6. The Bertz CT molecular complexity index is 1350. The minimum absolute atomic E-state index is 0.0452. The summed E-state index contributed by atoms with van der Waals surface area (Å²) in [5.74, 6) is -2.10. The number of carbonyl (C=O) groups excluding carboxylic acids is 1. The fourth-order valence-corrected chi connectivity index (χ4v) is 7.43. The van der Waals surface area contributed by atoms with Crippen molar-refractivity contribution in [3.63, 3.8) is 0 Å². The molecule has 0 radical (unpaired) electrons. The summed E-state index contributed by atoms with van der Waals surface area (Å²) >= 11 is 0. The highest BCUT2D eigenvalue weighted by Crippen LogP contribution is 2.35. The fraction of sp³-hybridized carbons (Fsp3) is 0.585. The van der Waals surface area contributed by atoms with Crippen molar-refractivity contribution >= 4 is 17.9 Å². The summed E-state index contributed by atoms with van der Waals surface area (Å²) in [7, 11) is 0. The lowest BCUT2D eigenvalue weighted by atomic mass is 9.79. The first-order chi connectivity index (χ1) is 23.2. The van der Waals surface area contributed by atoms with Gasteiger partial charge in [0.25, 0.3) is 0 Å². The number of rotatable bonds is 18. The van der Waals surface area contributed by atoms with Crippen molar-refractivity contribution in [1.82, 2.24) is 0 Å². The van der Waals surface area contributed by atoms with Crippen molar-refractivity contribution in [2.45, 2.75) is 122 Å². The van der Waals surface area contributed by atoms with Gasteiger partial charge in [-0.05, 0) is 119 Å². The van der Waals surface area contributed by atoms with E-state index in [9.17, 15) is 27.5 Å². The molecule has 7 heteroatoms. The molecule has 2 aromatic carbocycles. The maximum absolute atomic E-state index is 14.4. The largest absolute Gasteiger partial charge is 0.505 e. The topological polar surface area (TPSA) is 46.5 Å². The molecule has 2 aliphatic rings. The summed E-state index contributed by atoms with van der Waals surface area (Å²) in [6.07, 6.45) is 26.5. The van der Waals surface area contributed by atoms with E-state index in [1.54, 1.807) is 25.1 Å². The third-order valence-corrected chi connectivity index (χ3v) is 10.5. The first kappa shape index (κ1) is 37.7. The average molecular weight is 671 g/mol. The van der Waals surface area contributed by atoms with Crippen LogP contribution in [-0.2, 0) is 4.79 Å². The second-order valence-corrected chi connectivity index (χ2v) is 14.0. The van der Waals surface area contributed by atoms with E-state index in [0.717, 1.165) is 89.4 Å².